The van der Waals surface area contributed by atoms with Crippen LogP contribution in [-0.4, -0.2) is 46.9 Å². The molecule has 1 aliphatic heterocycles. The maximum Gasteiger partial charge on any atom is 0.259 e. The fraction of sp³-hybridized carbons (Fsp3) is 0.500. The van der Waals surface area contributed by atoms with Crippen LogP contribution < -0.4 is 5.43 Å². The molecule has 0 spiro atoms. The Bertz CT molecular complexity index is 500. The number of alkyl halides is 1. The molecule has 1 N–H and O–H groups in total. The number of aromatic amines is 1. The zero-order chi connectivity index (χ0) is 13.1. The van der Waals surface area contributed by atoms with Crippen LogP contribution in [0.25, 0.3) is 0 Å². The molecule has 1 amide bonds. The highest BCUT2D eigenvalue weighted by molar-refractivity contribution is 9.09. The van der Waals surface area contributed by atoms with Gasteiger partial charge in [0.1, 0.15) is 5.56 Å². The van der Waals surface area contributed by atoms with Crippen molar-refractivity contribution in [3.05, 3.63) is 33.7 Å². The Hall–Kier alpha value is -1.14. The van der Waals surface area contributed by atoms with Crippen molar-refractivity contribution >= 4 is 21.8 Å². The molecule has 0 radical (unpaired) electrons. The molecule has 1 aromatic rings. The summed E-state index contributed by atoms with van der Waals surface area (Å²) in [5.74, 6) is -0.231. The predicted octanol–water partition coefficient (Wildman–Crippen LogP) is 0.919. The van der Waals surface area contributed by atoms with Gasteiger partial charge in [-0.2, -0.15) is 0 Å². The summed E-state index contributed by atoms with van der Waals surface area (Å²) >= 11 is 3.34. The van der Waals surface area contributed by atoms with Gasteiger partial charge in [0.05, 0.1) is 12.7 Å². The maximum atomic E-state index is 12.2. The first kappa shape index (κ1) is 13.3. The predicted molar refractivity (Wildman–Crippen MR) is 71.2 cm³/mol. The largest absolute Gasteiger partial charge is 0.374 e. The molecule has 0 bridgehead atoms. The minimum atomic E-state index is -0.238. The van der Waals surface area contributed by atoms with Gasteiger partial charge >= 0.3 is 0 Å². The van der Waals surface area contributed by atoms with E-state index < -0.39 is 0 Å². The van der Waals surface area contributed by atoms with Crippen molar-refractivity contribution in [2.45, 2.75) is 13.0 Å². The molecule has 1 aliphatic rings. The Morgan fingerprint density at radius 3 is 3.11 bits per heavy atom. The highest BCUT2D eigenvalue weighted by Gasteiger charge is 2.25. The number of nitrogens with one attached hydrogen (secondary N) is 1. The molecule has 1 atom stereocenters. The number of nitrogens with zero attached hydrogens (tertiary/aromatic N) is 1. The molecule has 98 valence electrons. The molecule has 2 heterocycles. The monoisotopic (exact) mass is 314 g/mol. The number of hydrogen-bond acceptors (Lipinski definition) is 3. The van der Waals surface area contributed by atoms with E-state index >= 15 is 0 Å². The summed E-state index contributed by atoms with van der Waals surface area (Å²) in [4.78, 5) is 28.6. The number of hydrogen-bond donors (Lipinski definition) is 1. The number of halogens is 1. The fourth-order valence-corrected chi connectivity index (χ4v) is 2.30. The second-order valence-corrected chi connectivity index (χ2v) is 4.94. The summed E-state index contributed by atoms with van der Waals surface area (Å²) < 4.78 is 5.47. The van der Waals surface area contributed by atoms with Crippen LogP contribution >= 0.6 is 15.9 Å². The summed E-state index contributed by atoms with van der Waals surface area (Å²) in [6.45, 7) is 3.32. The molecule has 18 heavy (non-hydrogen) atoms. The van der Waals surface area contributed by atoms with Crippen LogP contribution in [0.2, 0.25) is 0 Å². The van der Waals surface area contributed by atoms with E-state index in [2.05, 4.69) is 20.9 Å². The van der Waals surface area contributed by atoms with E-state index in [1.54, 1.807) is 11.8 Å². The van der Waals surface area contributed by atoms with Gasteiger partial charge in [0.25, 0.3) is 5.91 Å². The third-order valence-electron chi connectivity index (χ3n) is 2.89. The Morgan fingerprint density at radius 1 is 1.67 bits per heavy atom. The van der Waals surface area contributed by atoms with Gasteiger partial charge in [-0.25, -0.2) is 0 Å². The van der Waals surface area contributed by atoms with E-state index in [0.717, 1.165) is 5.69 Å². The lowest BCUT2D eigenvalue weighted by Crippen LogP contribution is -2.47. The first-order valence-electron chi connectivity index (χ1n) is 5.78. The Balaban J connectivity index is 2.18. The Labute approximate surface area is 113 Å². The standard InChI is InChI=1S/C12H15BrN2O3/c1-8-4-11(16)10(6-14-8)12(17)15-2-3-18-9(5-13)7-15/h4,6,9H,2-3,5,7H2,1H3,(H,14,16). The van der Waals surface area contributed by atoms with Crippen molar-refractivity contribution in [3.8, 4) is 0 Å². The molecular weight excluding hydrogens is 300 g/mol. The van der Waals surface area contributed by atoms with Crippen molar-refractivity contribution in [1.82, 2.24) is 9.88 Å². The van der Waals surface area contributed by atoms with E-state index in [1.807, 2.05) is 0 Å². The number of H-pyrrole nitrogens is 1. The first-order chi connectivity index (χ1) is 8.61. The van der Waals surface area contributed by atoms with Crippen LogP contribution in [-0.2, 0) is 4.74 Å². The molecule has 2 rings (SSSR count). The smallest absolute Gasteiger partial charge is 0.259 e. The van der Waals surface area contributed by atoms with Crippen LogP contribution in [0.15, 0.2) is 17.1 Å². The van der Waals surface area contributed by atoms with Gasteiger partial charge in [0, 0.05) is 36.4 Å². The van der Waals surface area contributed by atoms with E-state index in [0.29, 0.717) is 25.0 Å². The Morgan fingerprint density at radius 2 is 2.44 bits per heavy atom. The summed E-state index contributed by atoms with van der Waals surface area (Å²) in [7, 11) is 0. The molecule has 0 aromatic carbocycles. The van der Waals surface area contributed by atoms with Crippen LogP contribution in [0.1, 0.15) is 16.1 Å². The van der Waals surface area contributed by atoms with E-state index in [4.69, 9.17) is 4.74 Å². The maximum absolute atomic E-state index is 12.2. The summed E-state index contributed by atoms with van der Waals surface area (Å²) in [6, 6.07) is 1.44. The quantitative estimate of drug-likeness (QED) is 0.826. The number of ether oxygens (including phenoxy) is 1. The molecule has 1 aromatic heterocycles. The molecule has 0 aliphatic carbocycles. The number of aromatic nitrogens is 1. The van der Waals surface area contributed by atoms with Gasteiger partial charge in [0.2, 0.25) is 0 Å². The van der Waals surface area contributed by atoms with E-state index in [1.165, 1.54) is 12.3 Å². The third kappa shape index (κ3) is 2.81. The number of rotatable bonds is 2. The lowest BCUT2D eigenvalue weighted by molar-refractivity contribution is -0.00971. The van der Waals surface area contributed by atoms with Crippen molar-refractivity contribution in [3.63, 3.8) is 0 Å². The molecule has 5 nitrogen and oxygen atoms in total. The average Bonchev–Trinajstić information content (AvgIpc) is 2.38. The molecule has 1 unspecified atom stereocenters. The van der Waals surface area contributed by atoms with Crippen molar-refractivity contribution in [2.75, 3.05) is 25.0 Å². The zero-order valence-electron chi connectivity index (χ0n) is 10.1. The summed E-state index contributed by atoms with van der Waals surface area (Å²) in [5, 5.41) is 0.682. The minimum Gasteiger partial charge on any atom is -0.374 e. The normalized spacial score (nSPS) is 19.9. The SMILES string of the molecule is Cc1cc(=O)c(C(=O)N2CCOC(CBr)C2)c[nH]1. The number of pyridine rings is 1. The van der Waals surface area contributed by atoms with Gasteiger partial charge < -0.3 is 14.6 Å². The van der Waals surface area contributed by atoms with Gasteiger partial charge in [-0.15, -0.1) is 0 Å². The first-order valence-corrected chi connectivity index (χ1v) is 6.90. The van der Waals surface area contributed by atoms with E-state index in [-0.39, 0.29) is 23.0 Å². The van der Waals surface area contributed by atoms with Gasteiger partial charge in [-0.3, -0.25) is 9.59 Å². The average molecular weight is 315 g/mol. The number of morpholine rings is 1. The number of carbonyl (C=O) groups excluding carboxylic acids is 1. The topological polar surface area (TPSA) is 62.4 Å². The molecular formula is C12H15BrN2O3. The zero-order valence-corrected chi connectivity index (χ0v) is 11.7. The fourth-order valence-electron chi connectivity index (χ4n) is 1.91. The number of carbonyl (C=O) groups is 1. The van der Waals surface area contributed by atoms with Crippen LogP contribution in [0.4, 0.5) is 0 Å². The number of aryl methyl sites for hydroxylation is 1. The van der Waals surface area contributed by atoms with Crippen LogP contribution in [0.5, 0.6) is 0 Å². The van der Waals surface area contributed by atoms with Gasteiger partial charge in [0.15, 0.2) is 5.43 Å². The highest BCUT2D eigenvalue weighted by Crippen LogP contribution is 2.10. The van der Waals surface area contributed by atoms with Gasteiger partial charge in [-0.05, 0) is 6.92 Å². The second-order valence-electron chi connectivity index (χ2n) is 4.29. The van der Waals surface area contributed by atoms with Crippen molar-refractivity contribution < 1.29 is 9.53 Å². The number of amides is 1. The van der Waals surface area contributed by atoms with E-state index in [9.17, 15) is 9.59 Å². The highest BCUT2D eigenvalue weighted by atomic mass is 79.9. The summed E-state index contributed by atoms with van der Waals surface area (Å²) in [6.07, 6.45) is 1.48. The second kappa shape index (κ2) is 5.67. The minimum absolute atomic E-state index is 0.00719. The molecule has 1 fully saturated rings. The Kier molecular flexibility index (Phi) is 4.19. The van der Waals surface area contributed by atoms with Crippen LogP contribution in [0, 0.1) is 6.92 Å². The third-order valence-corrected chi connectivity index (χ3v) is 3.61. The summed E-state index contributed by atoms with van der Waals surface area (Å²) in [5.41, 5.74) is 0.700. The van der Waals surface area contributed by atoms with Gasteiger partial charge in [-0.1, -0.05) is 15.9 Å². The molecule has 0 saturated carbocycles. The molecule has 1 saturated heterocycles. The van der Waals surface area contributed by atoms with Crippen molar-refractivity contribution in [2.24, 2.45) is 0 Å². The lowest BCUT2D eigenvalue weighted by atomic mass is 10.2. The van der Waals surface area contributed by atoms with Crippen LogP contribution in [0.3, 0.4) is 0 Å². The molecule has 6 heteroatoms. The lowest BCUT2D eigenvalue weighted by Gasteiger charge is -2.32. The van der Waals surface area contributed by atoms with Crippen molar-refractivity contribution in [1.29, 1.82) is 0 Å².